The second-order valence-electron chi connectivity index (χ2n) is 4.79. The fraction of sp³-hybridized carbons (Fsp3) is 0.400. The van der Waals surface area contributed by atoms with Gasteiger partial charge in [-0.05, 0) is 37.5 Å². The summed E-state index contributed by atoms with van der Waals surface area (Å²) in [4.78, 5) is 0. The van der Waals surface area contributed by atoms with Crippen LogP contribution in [0.4, 0.5) is 5.69 Å². The number of anilines is 1. The van der Waals surface area contributed by atoms with Crippen LogP contribution in [0.5, 0.6) is 0 Å². The molecule has 0 spiro atoms. The highest BCUT2D eigenvalue weighted by Gasteiger charge is 2.26. The Kier molecular flexibility index (Phi) is 2.93. The molecule has 0 aromatic heterocycles. The number of fused-ring (bicyclic) bond motifs is 1. The molecule has 2 nitrogen and oxygen atoms in total. The Balaban J connectivity index is 2.54. The summed E-state index contributed by atoms with van der Waals surface area (Å²) in [7, 11) is 0. The number of hydrogen-bond donors (Lipinski definition) is 1. The monoisotopic (exact) mass is 226 g/mol. The molecule has 2 rings (SSSR count). The van der Waals surface area contributed by atoms with Gasteiger partial charge in [0, 0.05) is 11.3 Å². The first-order valence-electron chi connectivity index (χ1n) is 6.16. The summed E-state index contributed by atoms with van der Waals surface area (Å²) in [5.74, 6) is 0. The third-order valence-electron chi connectivity index (χ3n) is 3.52. The minimum Gasteiger partial charge on any atom is -0.376 e. The molecule has 1 heterocycles. The van der Waals surface area contributed by atoms with Gasteiger partial charge in [-0.15, -0.1) is 0 Å². The maximum Gasteiger partial charge on any atom is 0.0992 e. The lowest BCUT2D eigenvalue weighted by Gasteiger charge is -2.34. The molecule has 1 N–H and O–H groups in total. The average molecular weight is 226 g/mol. The normalized spacial score (nSPS) is 22.1. The third-order valence-corrected chi connectivity index (χ3v) is 3.52. The largest absolute Gasteiger partial charge is 0.376 e. The smallest absolute Gasteiger partial charge is 0.0992 e. The molecule has 0 saturated carbocycles. The number of nitrogens with one attached hydrogen (secondary N) is 1. The molecular formula is C15H18N2. The van der Waals surface area contributed by atoms with Crippen molar-refractivity contribution in [3.63, 3.8) is 0 Å². The van der Waals surface area contributed by atoms with Crippen molar-refractivity contribution in [2.75, 3.05) is 5.32 Å². The number of nitrogens with zero attached hydrogens (tertiary/aromatic N) is 1. The van der Waals surface area contributed by atoms with E-state index in [1.54, 1.807) is 0 Å². The molecule has 0 saturated heterocycles. The van der Waals surface area contributed by atoms with E-state index in [0.717, 1.165) is 18.5 Å². The van der Waals surface area contributed by atoms with E-state index in [-0.39, 0.29) is 5.54 Å². The highest BCUT2D eigenvalue weighted by molar-refractivity contribution is 5.81. The fourth-order valence-corrected chi connectivity index (χ4v) is 2.29. The second-order valence-corrected chi connectivity index (χ2v) is 4.79. The van der Waals surface area contributed by atoms with Gasteiger partial charge >= 0.3 is 0 Å². The molecule has 0 aliphatic carbocycles. The van der Waals surface area contributed by atoms with Gasteiger partial charge in [-0.25, -0.2) is 0 Å². The van der Waals surface area contributed by atoms with Gasteiger partial charge in [-0.1, -0.05) is 26.0 Å². The van der Waals surface area contributed by atoms with Gasteiger partial charge < -0.3 is 5.32 Å². The molecule has 88 valence electrons. The highest BCUT2D eigenvalue weighted by atomic mass is 15.0. The summed E-state index contributed by atoms with van der Waals surface area (Å²) in [5.41, 5.74) is 4.41. The van der Waals surface area contributed by atoms with E-state index in [0.29, 0.717) is 5.56 Å². The minimum atomic E-state index is 0.00637. The Morgan fingerprint density at radius 2 is 2.12 bits per heavy atom. The van der Waals surface area contributed by atoms with E-state index in [4.69, 9.17) is 5.26 Å². The number of allylic oxidation sites excluding steroid dienone is 1. The van der Waals surface area contributed by atoms with Gasteiger partial charge in [0.25, 0.3) is 0 Å². The molecule has 1 aliphatic rings. The molecule has 2 heteroatoms. The van der Waals surface area contributed by atoms with Crippen LogP contribution in [0.2, 0.25) is 0 Å². The third kappa shape index (κ3) is 2.06. The van der Waals surface area contributed by atoms with E-state index < -0.39 is 0 Å². The minimum absolute atomic E-state index is 0.00637. The van der Waals surface area contributed by atoms with Crippen LogP contribution in [0.1, 0.15) is 44.7 Å². The van der Waals surface area contributed by atoms with E-state index in [2.05, 4.69) is 38.2 Å². The van der Waals surface area contributed by atoms with Crippen molar-refractivity contribution in [2.45, 2.75) is 39.2 Å². The zero-order valence-electron chi connectivity index (χ0n) is 10.7. The summed E-state index contributed by atoms with van der Waals surface area (Å²) in [6.45, 7) is 6.55. The van der Waals surface area contributed by atoms with Crippen LogP contribution >= 0.6 is 0 Å². The van der Waals surface area contributed by atoms with Crippen molar-refractivity contribution in [1.29, 1.82) is 5.26 Å². The molecule has 0 fully saturated rings. The van der Waals surface area contributed by atoms with Gasteiger partial charge in [0.2, 0.25) is 0 Å². The summed E-state index contributed by atoms with van der Waals surface area (Å²) in [6.07, 6.45) is 4.38. The first kappa shape index (κ1) is 11.7. The summed E-state index contributed by atoms with van der Waals surface area (Å²) < 4.78 is 0. The van der Waals surface area contributed by atoms with Crippen molar-refractivity contribution in [3.8, 4) is 6.07 Å². The maximum absolute atomic E-state index is 8.96. The summed E-state index contributed by atoms with van der Waals surface area (Å²) in [5, 5.41) is 12.5. The SMILES string of the molecule is CCC1=C[C@@](C)(CC)Nc2cc(C#N)ccc21. The Bertz CT molecular complexity index is 508. The first-order chi connectivity index (χ1) is 8.11. The van der Waals surface area contributed by atoms with E-state index in [9.17, 15) is 0 Å². The molecule has 1 aromatic carbocycles. The predicted molar refractivity (Wildman–Crippen MR) is 71.7 cm³/mol. The molecule has 1 aliphatic heterocycles. The Hall–Kier alpha value is -1.75. The topological polar surface area (TPSA) is 35.8 Å². The van der Waals surface area contributed by atoms with E-state index in [1.165, 1.54) is 11.1 Å². The van der Waals surface area contributed by atoms with E-state index >= 15 is 0 Å². The van der Waals surface area contributed by atoms with Crippen LogP contribution in [0.25, 0.3) is 5.57 Å². The van der Waals surface area contributed by atoms with Crippen molar-refractivity contribution in [1.82, 2.24) is 0 Å². The molecule has 0 radical (unpaired) electrons. The quantitative estimate of drug-likeness (QED) is 0.829. The standard InChI is InChI=1S/C15H18N2/c1-4-12-9-15(3,5-2)17-14-8-11(10-16)6-7-13(12)14/h6-9,17H,4-5H2,1-3H3/t15-/m1/s1. The summed E-state index contributed by atoms with van der Waals surface area (Å²) >= 11 is 0. The Morgan fingerprint density at radius 3 is 2.71 bits per heavy atom. The molecule has 1 atom stereocenters. The summed E-state index contributed by atoms with van der Waals surface area (Å²) in [6, 6.07) is 8.08. The lowest BCUT2D eigenvalue weighted by molar-refractivity contribution is 0.607. The van der Waals surface area contributed by atoms with E-state index in [1.807, 2.05) is 18.2 Å². The van der Waals surface area contributed by atoms with Crippen molar-refractivity contribution in [3.05, 3.63) is 35.4 Å². The van der Waals surface area contributed by atoms with Gasteiger partial charge in [-0.2, -0.15) is 5.26 Å². The van der Waals surface area contributed by atoms with Gasteiger partial charge in [0.1, 0.15) is 0 Å². The first-order valence-corrected chi connectivity index (χ1v) is 6.16. The van der Waals surface area contributed by atoms with Crippen molar-refractivity contribution in [2.24, 2.45) is 0 Å². The lowest BCUT2D eigenvalue weighted by atomic mass is 9.86. The van der Waals surface area contributed by atoms with Crippen LogP contribution < -0.4 is 5.32 Å². The zero-order valence-corrected chi connectivity index (χ0v) is 10.7. The molecule has 0 bridgehead atoms. The molecule has 1 aromatic rings. The predicted octanol–water partition coefficient (Wildman–Crippen LogP) is 3.95. The average Bonchev–Trinajstić information content (AvgIpc) is 2.36. The van der Waals surface area contributed by atoms with Crippen LogP contribution in [0.15, 0.2) is 24.3 Å². The van der Waals surface area contributed by atoms with Crippen LogP contribution in [-0.4, -0.2) is 5.54 Å². The maximum atomic E-state index is 8.96. The van der Waals surface area contributed by atoms with Gasteiger partial charge in [-0.3, -0.25) is 0 Å². The number of hydrogen-bond acceptors (Lipinski definition) is 2. The molecule has 0 unspecified atom stereocenters. The highest BCUT2D eigenvalue weighted by Crippen LogP contribution is 2.37. The number of benzene rings is 1. The Morgan fingerprint density at radius 1 is 1.35 bits per heavy atom. The van der Waals surface area contributed by atoms with Crippen LogP contribution in [0, 0.1) is 11.3 Å². The zero-order chi connectivity index (χ0) is 12.5. The van der Waals surface area contributed by atoms with Crippen LogP contribution in [0.3, 0.4) is 0 Å². The molecule has 0 amide bonds. The molecule has 17 heavy (non-hydrogen) atoms. The van der Waals surface area contributed by atoms with Crippen molar-refractivity contribution >= 4 is 11.3 Å². The molecular weight excluding hydrogens is 208 g/mol. The number of nitriles is 1. The van der Waals surface area contributed by atoms with Gasteiger partial charge in [0.15, 0.2) is 0 Å². The second kappa shape index (κ2) is 4.25. The van der Waals surface area contributed by atoms with Crippen molar-refractivity contribution < 1.29 is 0 Å². The number of rotatable bonds is 2. The van der Waals surface area contributed by atoms with Crippen LogP contribution in [-0.2, 0) is 0 Å². The lowest BCUT2D eigenvalue weighted by Crippen LogP contribution is -2.34. The Labute approximate surface area is 103 Å². The fourth-order valence-electron chi connectivity index (χ4n) is 2.29. The van der Waals surface area contributed by atoms with Gasteiger partial charge in [0.05, 0.1) is 17.2 Å².